The Kier molecular flexibility index (Phi) is 4.39. The van der Waals surface area contributed by atoms with Gasteiger partial charge in [-0.15, -0.1) is 0 Å². The van der Waals surface area contributed by atoms with Gasteiger partial charge in [0.05, 0.1) is 6.54 Å². The Labute approximate surface area is 114 Å². The highest BCUT2D eigenvalue weighted by Crippen LogP contribution is 2.28. The number of urea groups is 1. The molecule has 3 atom stereocenters. The minimum Gasteiger partial charge on any atom is -0.335 e. The molecule has 6 heteroatoms. The van der Waals surface area contributed by atoms with E-state index in [1.165, 1.54) is 12.7 Å². The first-order valence-electron chi connectivity index (χ1n) is 6.91. The Morgan fingerprint density at radius 3 is 2.63 bits per heavy atom. The summed E-state index contributed by atoms with van der Waals surface area (Å²) >= 11 is 0. The first-order chi connectivity index (χ1) is 9.04. The molecular weight excluding hydrogens is 242 g/mol. The third kappa shape index (κ3) is 3.94. The number of aryl methyl sites for hydroxylation is 1. The Morgan fingerprint density at radius 2 is 2.05 bits per heavy atom. The molecule has 1 saturated carbocycles. The molecule has 2 rings (SSSR count). The largest absolute Gasteiger partial charge is 0.335 e. The van der Waals surface area contributed by atoms with Gasteiger partial charge in [0.15, 0.2) is 0 Å². The van der Waals surface area contributed by atoms with Crippen LogP contribution in [0.15, 0.2) is 6.33 Å². The van der Waals surface area contributed by atoms with Crippen LogP contribution in [0.1, 0.15) is 38.9 Å². The number of rotatable bonds is 3. The summed E-state index contributed by atoms with van der Waals surface area (Å²) in [5.41, 5.74) is 0. The van der Waals surface area contributed by atoms with Crippen molar-refractivity contribution in [3.05, 3.63) is 12.2 Å². The van der Waals surface area contributed by atoms with Crippen LogP contribution in [0.2, 0.25) is 0 Å². The maximum absolute atomic E-state index is 11.9. The van der Waals surface area contributed by atoms with Crippen molar-refractivity contribution in [3.8, 4) is 0 Å². The second-order valence-electron chi connectivity index (χ2n) is 5.74. The van der Waals surface area contributed by atoms with Gasteiger partial charge >= 0.3 is 6.03 Å². The minimum atomic E-state index is -0.116. The molecule has 0 saturated heterocycles. The summed E-state index contributed by atoms with van der Waals surface area (Å²) in [6, 6.07) is 0.174. The van der Waals surface area contributed by atoms with Gasteiger partial charge in [-0.05, 0) is 31.1 Å². The summed E-state index contributed by atoms with van der Waals surface area (Å²) in [6.07, 6.45) is 4.89. The van der Waals surface area contributed by atoms with E-state index in [0.29, 0.717) is 24.4 Å². The maximum atomic E-state index is 11.9. The molecule has 1 aliphatic carbocycles. The fourth-order valence-corrected chi connectivity index (χ4v) is 2.94. The number of hydrogen-bond acceptors (Lipinski definition) is 3. The van der Waals surface area contributed by atoms with Gasteiger partial charge < -0.3 is 10.6 Å². The second kappa shape index (κ2) is 6.04. The lowest BCUT2D eigenvalue weighted by Gasteiger charge is -2.31. The molecule has 1 unspecified atom stereocenters. The maximum Gasteiger partial charge on any atom is 0.315 e. The van der Waals surface area contributed by atoms with Gasteiger partial charge in [0.25, 0.3) is 0 Å². The minimum absolute atomic E-state index is 0.116. The van der Waals surface area contributed by atoms with Crippen LogP contribution < -0.4 is 10.6 Å². The standard InChI is InChI=1S/C13H23N5O/c1-9-4-10(2)6-11(5-9)17-13(19)14-7-12-15-8-16-18(12)3/h8-11H,4-7H2,1-3H3,(H2,14,17,19)/t9-,10+,11?. The highest BCUT2D eigenvalue weighted by molar-refractivity contribution is 5.74. The molecule has 0 aromatic carbocycles. The highest BCUT2D eigenvalue weighted by Gasteiger charge is 2.24. The molecule has 2 N–H and O–H groups in total. The van der Waals surface area contributed by atoms with Crippen molar-refractivity contribution in [1.29, 1.82) is 0 Å². The molecule has 0 radical (unpaired) electrons. The van der Waals surface area contributed by atoms with Gasteiger partial charge in [0.2, 0.25) is 0 Å². The van der Waals surface area contributed by atoms with E-state index in [-0.39, 0.29) is 6.03 Å². The predicted molar refractivity (Wildman–Crippen MR) is 72.3 cm³/mol. The first kappa shape index (κ1) is 13.8. The van der Waals surface area contributed by atoms with Crippen molar-refractivity contribution in [3.63, 3.8) is 0 Å². The van der Waals surface area contributed by atoms with Crippen LogP contribution in [-0.2, 0) is 13.6 Å². The summed E-state index contributed by atoms with van der Waals surface area (Å²) in [4.78, 5) is 15.9. The average Bonchev–Trinajstić information content (AvgIpc) is 2.71. The van der Waals surface area contributed by atoms with Crippen molar-refractivity contribution >= 4 is 6.03 Å². The number of nitrogens with one attached hydrogen (secondary N) is 2. The summed E-state index contributed by atoms with van der Waals surface area (Å²) in [6.45, 7) is 4.91. The van der Waals surface area contributed by atoms with Crippen LogP contribution in [-0.4, -0.2) is 26.8 Å². The molecule has 1 fully saturated rings. The zero-order valence-corrected chi connectivity index (χ0v) is 11.9. The molecule has 0 spiro atoms. The zero-order chi connectivity index (χ0) is 13.8. The smallest absolute Gasteiger partial charge is 0.315 e. The lowest BCUT2D eigenvalue weighted by molar-refractivity contribution is 0.213. The van der Waals surface area contributed by atoms with E-state index in [4.69, 9.17) is 0 Å². The van der Waals surface area contributed by atoms with Crippen LogP contribution >= 0.6 is 0 Å². The second-order valence-corrected chi connectivity index (χ2v) is 5.74. The lowest BCUT2D eigenvalue weighted by Crippen LogP contribution is -2.45. The number of amides is 2. The molecule has 2 amide bonds. The molecule has 106 valence electrons. The zero-order valence-electron chi connectivity index (χ0n) is 11.9. The van der Waals surface area contributed by atoms with Crippen molar-refractivity contribution in [2.45, 2.75) is 45.7 Å². The number of carbonyl (C=O) groups is 1. The molecule has 1 aliphatic rings. The number of aromatic nitrogens is 3. The van der Waals surface area contributed by atoms with Crippen LogP contribution in [0.5, 0.6) is 0 Å². The molecular formula is C13H23N5O. The van der Waals surface area contributed by atoms with E-state index in [1.54, 1.807) is 4.68 Å². The van der Waals surface area contributed by atoms with Gasteiger partial charge in [0, 0.05) is 13.1 Å². The Morgan fingerprint density at radius 1 is 1.37 bits per heavy atom. The Hall–Kier alpha value is -1.59. The number of hydrogen-bond donors (Lipinski definition) is 2. The van der Waals surface area contributed by atoms with Crippen molar-refractivity contribution in [2.24, 2.45) is 18.9 Å². The molecule has 1 aromatic rings. The van der Waals surface area contributed by atoms with E-state index in [2.05, 4.69) is 34.6 Å². The Bertz CT molecular complexity index is 420. The normalized spacial score (nSPS) is 27.0. The van der Waals surface area contributed by atoms with Gasteiger partial charge in [-0.3, -0.25) is 4.68 Å². The SMILES string of the molecule is C[C@@H]1CC(NC(=O)NCc2ncnn2C)C[C@H](C)C1. The Balaban J connectivity index is 1.76. The van der Waals surface area contributed by atoms with E-state index in [1.807, 2.05) is 7.05 Å². The molecule has 1 aromatic heterocycles. The highest BCUT2D eigenvalue weighted by atomic mass is 16.2. The number of carbonyl (C=O) groups excluding carboxylic acids is 1. The average molecular weight is 265 g/mol. The van der Waals surface area contributed by atoms with E-state index < -0.39 is 0 Å². The predicted octanol–water partition coefficient (Wildman–Crippen LogP) is 1.44. The van der Waals surface area contributed by atoms with E-state index >= 15 is 0 Å². The summed E-state index contributed by atoms with van der Waals surface area (Å²) in [7, 11) is 1.81. The topological polar surface area (TPSA) is 71.8 Å². The lowest BCUT2D eigenvalue weighted by atomic mass is 9.80. The van der Waals surface area contributed by atoms with E-state index in [9.17, 15) is 4.79 Å². The van der Waals surface area contributed by atoms with Gasteiger partial charge in [-0.1, -0.05) is 13.8 Å². The van der Waals surface area contributed by atoms with Crippen LogP contribution in [0, 0.1) is 11.8 Å². The molecule has 1 heterocycles. The molecule has 0 aliphatic heterocycles. The number of nitrogens with zero attached hydrogens (tertiary/aromatic N) is 3. The van der Waals surface area contributed by atoms with Crippen LogP contribution in [0.4, 0.5) is 4.79 Å². The summed E-state index contributed by atoms with van der Waals surface area (Å²) < 4.78 is 1.66. The fraction of sp³-hybridized carbons (Fsp3) is 0.769. The monoisotopic (exact) mass is 265 g/mol. The van der Waals surface area contributed by atoms with Gasteiger partial charge in [0.1, 0.15) is 12.2 Å². The quantitative estimate of drug-likeness (QED) is 0.868. The van der Waals surface area contributed by atoms with Crippen LogP contribution in [0.25, 0.3) is 0 Å². The van der Waals surface area contributed by atoms with Crippen molar-refractivity contribution in [2.75, 3.05) is 0 Å². The fourth-order valence-electron chi connectivity index (χ4n) is 2.94. The van der Waals surface area contributed by atoms with Crippen molar-refractivity contribution in [1.82, 2.24) is 25.4 Å². The third-order valence-electron chi connectivity index (χ3n) is 3.73. The first-order valence-corrected chi connectivity index (χ1v) is 6.91. The van der Waals surface area contributed by atoms with E-state index in [0.717, 1.165) is 18.7 Å². The summed E-state index contributed by atoms with van der Waals surface area (Å²) in [5.74, 6) is 2.13. The molecule has 19 heavy (non-hydrogen) atoms. The van der Waals surface area contributed by atoms with Gasteiger partial charge in [-0.2, -0.15) is 5.10 Å². The summed E-state index contributed by atoms with van der Waals surface area (Å²) in [5, 5.41) is 9.85. The van der Waals surface area contributed by atoms with Crippen molar-refractivity contribution < 1.29 is 4.79 Å². The molecule has 0 bridgehead atoms. The van der Waals surface area contributed by atoms with Gasteiger partial charge in [-0.25, -0.2) is 9.78 Å². The van der Waals surface area contributed by atoms with Crippen LogP contribution in [0.3, 0.4) is 0 Å². The molecule has 6 nitrogen and oxygen atoms in total. The third-order valence-corrected chi connectivity index (χ3v) is 3.73.